The fourth-order valence-electron chi connectivity index (χ4n) is 3.54. The minimum atomic E-state index is -3.77. The largest absolute Gasteiger partial charge is 0.495 e. The van der Waals surface area contributed by atoms with Crippen molar-refractivity contribution in [3.8, 4) is 16.9 Å². The molecule has 0 bridgehead atoms. The summed E-state index contributed by atoms with van der Waals surface area (Å²) in [6.07, 6.45) is 0.878. The molecule has 0 atom stereocenters. The van der Waals surface area contributed by atoms with E-state index in [0.29, 0.717) is 5.69 Å². The molecule has 1 aliphatic carbocycles. The maximum Gasteiger partial charge on any atom is 0.255 e. The van der Waals surface area contributed by atoms with Gasteiger partial charge in [0.15, 0.2) is 0 Å². The molecule has 6 nitrogen and oxygen atoms in total. The lowest BCUT2D eigenvalue weighted by molar-refractivity contribution is 0.102. The van der Waals surface area contributed by atoms with E-state index in [1.165, 1.54) is 49.0 Å². The van der Waals surface area contributed by atoms with Gasteiger partial charge in [0, 0.05) is 11.3 Å². The van der Waals surface area contributed by atoms with Gasteiger partial charge in [-0.1, -0.05) is 30.3 Å². The smallest absolute Gasteiger partial charge is 0.255 e. The lowest BCUT2D eigenvalue weighted by atomic mass is 10.1. The van der Waals surface area contributed by atoms with Crippen LogP contribution in [0.1, 0.15) is 21.5 Å². The molecule has 2 N–H and O–H groups in total. The van der Waals surface area contributed by atoms with Crippen molar-refractivity contribution in [3.05, 3.63) is 77.4 Å². The predicted octanol–water partition coefficient (Wildman–Crippen LogP) is 3.43. The number of benzene rings is 3. The lowest BCUT2D eigenvalue weighted by Crippen LogP contribution is -2.20. The summed E-state index contributed by atoms with van der Waals surface area (Å²) >= 11 is 0. The number of anilines is 1. The second-order valence-electron chi connectivity index (χ2n) is 6.73. The second kappa shape index (κ2) is 7.35. The highest BCUT2D eigenvalue weighted by molar-refractivity contribution is 7.89. The van der Waals surface area contributed by atoms with Gasteiger partial charge in [-0.3, -0.25) is 4.79 Å². The maximum absolute atomic E-state index is 12.8. The predicted molar refractivity (Wildman–Crippen MR) is 112 cm³/mol. The third-order valence-corrected chi connectivity index (χ3v) is 6.48. The number of ether oxygens (including phenoxy) is 1. The van der Waals surface area contributed by atoms with Crippen molar-refractivity contribution in [2.45, 2.75) is 11.3 Å². The Kier molecular flexibility index (Phi) is 4.86. The van der Waals surface area contributed by atoms with Crippen LogP contribution in [-0.4, -0.2) is 28.5 Å². The summed E-state index contributed by atoms with van der Waals surface area (Å²) in [6, 6.07) is 18.3. The van der Waals surface area contributed by atoms with Crippen LogP contribution in [0.2, 0.25) is 0 Å². The molecule has 29 heavy (non-hydrogen) atoms. The Labute approximate surface area is 169 Å². The molecule has 0 spiro atoms. The number of hydrogen-bond acceptors (Lipinski definition) is 4. The quantitative estimate of drug-likeness (QED) is 0.530. The number of fused-ring (bicyclic) bond motifs is 3. The van der Waals surface area contributed by atoms with Crippen molar-refractivity contribution in [1.82, 2.24) is 4.72 Å². The van der Waals surface area contributed by atoms with Gasteiger partial charge in [0.1, 0.15) is 10.6 Å². The molecule has 4 rings (SSSR count). The second-order valence-corrected chi connectivity index (χ2v) is 8.59. The molecule has 0 heterocycles. The fraction of sp³-hybridized carbons (Fsp3) is 0.136. The molecule has 0 fully saturated rings. The molecule has 0 aromatic heterocycles. The molecule has 0 unspecified atom stereocenters. The van der Waals surface area contributed by atoms with E-state index < -0.39 is 15.9 Å². The summed E-state index contributed by atoms with van der Waals surface area (Å²) in [7, 11) is -1.08. The van der Waals surface area contributed by atoms with E-state index in [9.17, 15) is 13.2 Å². The van der Waals surface area contributed by atoms with E-state index in [1.54, 1.807) is 0 Å². The van der Waals surface area contributed by atoms with Crippen LogP contribution in [0.4, 0.5) is 5.69 Å². The number of carbonyl (C=O) groups is 1. The standard InChI is InChI=1S/C22H20N2O4S/c1-23-29(26,27)21-12-16(8-10-20(21)28-2)22(25)24-17-9-7-15-11-14-5-3-4-6-18(14)19(15)13-17/h3-10,12-13,23H,11H2,1-2H3,(H,24,25). The Morgan fingerprint density at radius 3 is 2.48 bits per heavy atom. The van der Waals surface area contributed by atoms with Gasteiger partial charge in [-0.2, -0.15) is 0 Å². The van der Waals surface area contributed by atoms with Crippen LogP contribution in [0.3, 0.4) is 0 Å². The van der Waals surface area contributed by atoms with E-state index in [0.717, 1.165) is 12.0 Å². The molecule has 1 aliphatic rings. The first-order valence-electron chi connectivity index (χ1n) is 9.07. The Morgan fingerprint density at radius 2 is 1.72 bits per heavy atom. The lowest BCUT2D eigenvalue weighted by Gasteiger charge is -2.12. The van der Waals surface area contributed by atoms with Gasteiger partial charge in [0.25, 0.3) is 5.91 Å². The Bertz CT molecular complexity index is 1220. The molecule has 1 amide bonds. The van der Waals surface area contributed by atoms with Gasteiger partial charge in [-0.15, -0.1) is 0 Å². The zero-order valence-corrected chi connectivity index (χ0v) is 16.8. The van der Waals surface area contributed by atoms with Crippen molar-refractivity contribution in [2.75, 3.05) is 19.5 Å². The molecule has 3 aromatic rings. The topological polar surface area (TPSA) is 84.5 Å². The Balaban J connectivity index is 1.64. The number of amides is 1. The van der Waals surface area contributed by atoms with Crippen molar-refractivity contribution in [1.29, 1.82) is 0 Å². The minimum Gasteiger partial charge on any atom is -0.495 e. The van der Waals surface area contributed by atoms with E-state index in [2.05, 4.69) is 22.2 Å². The summed E-state index contributed by atoms with van der Waals surface area (Å²) < 4.78 is 31.8. The molecule has 148 valence electrons. The van der Waals surface area contributed by atoms with Crippen LogP contribution in [-0.2, 0) is 16.4 Å². The molecule has 0 saturated heterocycles. The number of carbonyl (C=O) groups excluding carboxylic acids is 1. The zero-order chi connectivity index (χ0) is 20.6. The number of rotatable bonds is 5. The Hall–Kier alpha value is -3.16. The number of sulfonamides is 1. The monoisotopic (exact) mass is 408 g/mol. The summed E-state index contributed by atoms with van der Waals surface area (Å²) in [6.45, 7) is 0. The van der Waals surface area contributed by atoms with Crippen molar-refractivity contribution < 1.29 is 17.9 Å². The van der Waals surface area contributed by atoms with Crippen LogP contribution < -0.4 is 14.8 Å². The van der Waals surface area contributed by atoms with Gasteiger partial charge < -0.3 is 10.1 Å². The maximum atomic E-state index is 12.8. The minimum absolute atomic E-state index is 0.0852. The van der Waals surface area contributed by atoms with E-state index >= 15 is 0 Å². The molecular formula is C22H20N2O4S. The third kappa shape index (κ3) is 3.50. The average Bonchev–Trinajstić information content (AvgIpc) is 3.11. The van der Waals surface area contributed by atoms with Gasteiger partial charge in [0.05, 0.1) is 7.11 Å². The SMILES string of the molecule is CNS(=O)(=O)c1cc(C(=O)Nc2ccc3c(c2)-c2ccccc2C3)ccc1OC. The molecule has 0 radical (unpaired) electrons. The highest BCUT2D eigenvalue weighted by Crippen LogP contribution is 2.38. The van der Waals surface area contributed by atoms with E-state index in [-0.39, 0.29) is 16.2 Å². The Morgan fingerprint density at radius 1 is 0.966 bits per heavy atom. The molecule has 0 aliphatic heterocycles. The van der Waals surface area contributed by atoms with E-state index in [1.807, 2.05) is 30.3 Å². The van der Waals surface area contributed by atoms with Crippen LogP contribution in [0, 0.1) is 0 Å². The van der Waals surface area contributed by atoms with Crippen LogP contribution in [0.25, 0.3) is 11.1 Å². The van der Waals surface area contributed by atoms with Crippen molar-refractivity contribution >= 4 is 21.6 Å². The fourth-order valence-corrected chi connectivity index (χ4v) is 4.46. The van der Waals surface area contributed by atoms with Crippen LogP contribution >= 0.6 is 0 Å². The first kappa shape index (κ1) is 19.2. The third-order valence-electron chi connectivity index (χ3n) is 5.04. The van der Waals surface area contributed by atoms with Crippen LogP contribution in [0.5, 0.6) is 5.75 Å². The van der Waals surface area contributed by atoms with E-state index in [4.69, 9.17) is 4.74 Å². The highest BCUT2D eigenvalue weighted by atomic mass is 32.2. The molecular weight excluding hydrogens is 388 g/mol. The number of hydrogen-bond donors (Lipinski definition) is 2. The van der Waals surface area contributed by atoms with Crippen molar-refractivity contribution in [3.63, 3.8) is 0 Å². The van der Waals surface area contributed by atoms with Crippen LogP contribution in [0.15, 0.2) is 65.6 Å². The first-order valence-corrected chi connectivity index (χ1v) is 10.6. The van der Waals surface area contributed by atoms with Gasteiger partial charge in [0.2, 0.25) is 10.0 Å². The summed E-state index contributed by atoms with van der Waals surface area (Å²) in [5, 5.41) is 2.86. The first-order chi connectivity index (χ1) is 13.9. The molecule has 7 heteroatoms. The van der Waals surface area contributed by atoms with Crippen molar-refractivity contribution in [2.24, 2.45) is 0 Å². The molecule has 3 aromatic carbocycles. The normalized spacial score (nSPS) is 12.2. The average molecular weight is 408 g/mol. The van der Waals surface area contributed by atoms with Gasteiger partial charge in [-0.25, -0.2) is 13.1 Å². The zero-order valence-electron chi connectivity index (χ0n) is 16.0. The van der Waals surface area contributed by atoms with Gasteiger partial charge >= 0.3 is 0 Å². The molecule has 0 saturated carbocycles. The number of methoxy groups -OCH3 is 1. The summed E-state index contributed by atoms with van der Waals surface area (Å²) in [5.41, 5.74) is 5.64. The highest BCUT2D eigenvalue weighted by Gasteiger charge is 2.21. The number of nitrogens with one attached hydrogen (secondary N) is 2. The summed E-state index contributed by atoms with van der Waals surface area (Å²) in [4.78, 5) is 12.7. The summed E-state index contributed by atoms with van der Waals surface area (Å²) in [5.74, 6) is -0.225. The van der Waals surface area contributed by atoms with Gasteiger partial charge in [-0.05, 0) is 66.1 Å².